The van der Waals surface area contributed by atoms with E-state index in [1.165, 1.54) is 0 Å². The number of benzene rings is 2. The molecule has 30 heavy (non-hydrogen) atoms. The lowest BCUT2D eigenvalue weighted by Crippen LogP contribution is -2.07. The molecule has 2 rings (SSSR count). The Labute approximate surface area is 181 Å². The zero-order valence-electron chi connectivity index (χ0n) is 16.6. The van der Waals surface area contributed by atoms with Crippen LogP contribution in [-0.2, 0) is 40.8 Å². The molecule has 0 atom stereocenters. The SMILES string of the molecule is O=C(OCCl)OCCCCCOP(=O)(OCc1ccccc1)OCc1ccccc1. The average Bonchev–Trinajstić information content (AvgIpc) is 2.77. The highest BCUT2D eigenvalue weighted by atomic mass is 35.5. The van der Waals surface area contributed by atoms with E-state index in [2.05, 4.69) is 4.74 Å². The smallest absolute Gasteiger partial charge is 0.434 e. The van der Waals surface area contributed by atoms with Crippen molar-refractivity contribution in [3.05, 3.63) is 71.8 Å². The highest BCUT2D eigenvalue weighted by Crippen LogP contribution is 2.51. The molecule has 2 aromatic rings. The number of carbonyl (C=O) groups excluding carboxylic acids is 1. The highest BCUT2D eigenvalue weighted by molar-refractivity contribution is 7.48. The maximum Gasteiger partial charge on any atom is 0.509 e. The monoisotopic (exact) mass is 456 g/mol. The summed E-state index contributed by atoms with van der Waals surface area (Å²) in [5, 5.41) is 0. The summed E-state index contributed by atoms with van der Waals surface area (Å²) in [7, 11) is -3.75. The normalized spacial score (nSPS) is 11.2. The quantitative estimate of drug-likeness (QED) is 0.148. The van der Waals surface area contributed by atoms with E-state index in [-0.39, 0.29) is 32.5 Å². The first kappa shape index (κ1) is 24.4. The highest BCUT2D eigenvalue weighted by Gasteiger charge is 2.26. The Hall–Kier alpha value is -1.89. The Bertz CT molecular complexity index is 726. The third kappa shape index (κ3) is 10.2. The molecule has 0 amide bonds. The van der Waals surface area contributed by atoms with Gasteiger partial charge in [-0.05, 0) is 30.4 Å². The molecule has 2 aromatic carbocycles. The lowest BCUT2D eigenvalue weighted by atomic mass is 10.2. The van der Waals surface area contributed by atoms with Gasteiger partial charge in [-0.15, -0.1) is 0 Å². The standard InChI is InChI=1S/C21H26ClO7P/c22-18-26-21(23)25-14-8-3-9-15-27-30(24,28-16-19-10-4-1-5-11-19)29-17-20-12-6-2-7-13-20/h1-2,4-7,10-13H,3,8-9,14-18H2. The molecule has 0 saturated heterocycles. The Morgan fingerprint density at radius 2 is 1.27 bits per heavy atom. The summed E-state index contributed by atoms with van der Waals surface area (Å²) in [6, 6.07) is 18.5. The number of halogens is 1. The maximum absolute atomic E-state index is 13.0. The molecule has 0 aliphatic heterocycles. The second-order valence-corrected chi connectivity index (χ2v) is 8.10. The molecule has 0 unspecified atom stereocenters. The van der Waals surface area contributed by atoms with Crippen LogP contribution in [0, 0.1) is 0 Å². The summed E-state index contributed by atoms with van der Waals surface area (Å²) < 4.78 is 38.9. The fourth-order valence-electron chi connectivity index (χ4n) is 2.37. The van der Waals surface area contributed by atoms with Crippen LogP contribution in [0.15, 0.2) is 60.7 Å². The molecule has 0 spiro atoms. The summed E-state index contributed by atoms with van der Waals surface area (Å²) in [5.41, 5.74) is 1.73. The third-order valence-corrected chi connectivity index (χ3v) is 5.39. The molecule has 7 nitrogen and oxygen atoms in total. The van der Waals surface area contributed by atoms with Crippen LogP contribution in [0.1, 0.15) is 30.4 Å². The second-order valence-electron chi connectivity index (χ2n) is 6.21. The predicted molar refractivity (Wildman–Crippen MR) is 113 cm³/mol. The van der Waals surface area contributed by atoms with Gasteiger partial charge in [0, 0.05) is 0 Å². The van der Waals surface area contributed by atoms with E-state index in [0.717, 1.165) is 11.1 Å². The van der Waals surface area contributed by atoms with E-state index < -0.39 is 14.0 Å². The zero-order chi connectivity index (χ0) is 21.5. The Balaban J connectivity index is 1.77. The topological polar surface area (TPSA) is 80.3 Å². The van der Waals surface area contributed by atoms with Crippen molar-refractivity contribution in [2.75, 3.05) is 19.3 Å². The van der Waals surface area contributed by atoms with Crippen molar-refractivity contribution in [2.45, 2.75) is 32.5 Å². The molecule has 0 aromatic heterocycles. The first-order valence-corrected chi connectivity index (χ1v) is 11.6. The molecular formula is C21H26ClO7P. The van der Waals surface area contributed by atoms with Crippen LogP contribution >= 0.6 is 19.4 Å². The number of phosphoric acid groups is 1. The molecule has 164 valence electrons. The van der Waals surface area contributed by atoms with Gasteiger partial charge in [0.2, 0.25) is 0 Å². The van der Waals surface area contributed by atoms with Gasteiger partial charge in [0.25, 0.3) is 0 Å². The van der Waals surface area contributed by atoms with E-state index >= 15 is 0 Å². The van der Waals surface area contributed by atoms with Crippen LogP contribution in [0.4, 0.5) is 4.79 Å². The van der Waals surface area contributed by atoms with Gasteiger partial charge < -0.3 is 9.47 Å². The number of hydrogen-bond acceptors (Lipinski definition) is 7. The van der Waals surface area contributed by atoms with Crippen molar-refractivity contribution in [1.29, 1.82) is 0 Å². The molecule has 9 heteroatoms. The van der Waals surface area contributed by atoms with E-state index in [1.54, 1.807) is 0 Å². The largest absolute Gasteiger partial charge is 0.509 e. The maximum atomic E-state index is 13.0. The van der Waals surface area contributed by atoms with Crippen molar-refractivity contribution >= 4 is 25.6 Å². The minimum atomic E-state index is -3.75. The number of rotatable bonds is 14. The number of carbonyl (C=O) groups is 1. The van der Waals surface area contributed by atoms with Crippen LogP contribution < -0.4 is 0 Å². The minimum absolute atomic E-state index is 0.115. The lowest BCUT2D eigenvalue weighted by molar-refractivity contribution is 0.0659. The molecule has 0 radical (unpaired) electrons. The molecule has 0 aliphatic rings. The number of alkyl halides is 1. The minimum Gasteiger partial charge on any atom is -0.434 e. The van der Waals surface area contributed by atoms with E-state index in [1.807, 2.05) is 60.7 Å². The van der Waals surface area contributed by atoms with Crippen LogP contribution in [0.5, 0.6) is 0 Å². The summed E-state index contributed by atoms with van der Waals surface area (Å²) >= 11 is 5.26. The first-order chi connectivity index (χ1) is 14.6. The van der Waals surface area contributed by atoms with Gasteiger partial charge in [0.15, 0.2) is 6.07 Å². The average molecular weight is 457 g/mol. The van der Waals surface area contributed by atoms with Crippen LogP contribution in [-0.4, -0.2) is 25.4 Å². The molecule has 0 saturated carbocycles. The summed E-state index contributed by atoms with van der Waals surface area (Å²) in [6.45, 7) is 0.627. The lowest BCUT2D eigenvalue weighted by Gasteiger charge is -2.18. The van der Waals surface area contributed by atoms with Gasteiger partial charge in [-0.2, -0.15) is 0 Å². The molecule has 0 bridgehead atoms. The summed E-state index contributed by atoms with van der Waals surface area (Å²) in [4.78, 5) is 11.0. The molecular weight excluding hydrogens is 431 g/mol. The molecule has 0 heterocycles. The number of hydrogen-bond donors (Lipinski definition) is 0. The Morgan fingerprint density at radius 3 is 1.80 bits per heavy atom. The van der Waals surface area contributed by atoms with Gasteiger partial charge in [-0.25, -0.2) is 9.36 Å². The van der Waals surface area contributed by atoms with Gasteiger partial charge in [0.1, 0.15) is 0 Å². The van der Waals surface area contributed by atoms with Crippen molar-refractivity contribution in [3.63, 3.8) is 0 Å². The van der Waals surface area contributed by atoms with Gasteiger partial charge >= 0.3 is 14.0 Å². The van der Waals surface area contributed by atoms with Crippen molar-refractivity contribution in [2.24, 2.45) is 0 Å². The van der Waals surface area contributed by atoms with Crippen LogP contribution in [0.2, 0.25) is 0 Å². The van der Waals surface area contributed by atoms with Gasteiger partial charge in [-0.1, -0.05) is 72.3 Å². The Kier molecular flexibility index (Phi) is 11.5. The van der Waals surface area contributed by atoms with Crippen LogP contribution in [0.25, 0.3) is 0 Å². The Morgan fingerprint density at radius 1 is 0.733 bits per heavy atom. The fourth-order valence-corrected chi connectivity index (χ4v) is 3.65. The number of ether oxygens (including phenoxy) is 2. The van der Waals surface area contributed by atoms with Gasteiger partial charge in [0.05, 0.1) is 26.4 Å². The predicted octanol–water partition coefficient (Wildman–Crippen LogP) is 6.06. The van der Waals surface area contributed by atoms with Crippen LogP contribution in [0.3, 0.4) is 0 Å². The second kappa shape index (κ2) is 14.2. The van der Waals surface area contributed by atoms with E-state index in [4.69, 9.17) is 29.9 Å². The van der Waals surface area contributed by atoms with Crippen molar-refractivity contribution in [3.8, 4) is 0 Å². The number of phosphoric ester groups is 1. The number of unbranched alkanes of at least 4 members (excludes halogenated alkanes) is 2. The third-order valence-electron chi connectivity index (χ3n) is 3.89. The first-order valence-electron chi connectivity index (χ1n) is 9.58. The van der Waals surface area contributed by atoms with Gasteiger partial charge in [-0.3, -0.25) is 13.6 Å². The van der Waals surface area contributed by atoms with E-state index in [0.29, 0.717) is 19.3 Å². The molecule has 0 fully saturated rings. The molecule has 0 N–H and O–H groups in total. The molecule has 0 aliphatic carbocycles. The zero-order valence-corrected chi connectivity index (χ0v) is 18.3. The summed E-state index contributed by atoms with van der Waals surface area (Å²) in [5.74, 6) is 0. The summed E-state index contributed by atoms with van der Waals surface area (Å²) in [6.07, 6.45) is 1.11. The van der Waals surface area contributed by atoms with Crippen molar-refractivity contribution < 1.29 is 32.4 Å². The van der Waals surface area contributed by atoms with E-state index in [9.17, 15) is 9.36 Å². The fraction of sp³-hybridized carbons (Fsp3) is 0.381. The van der Waals surface area contributed by atoms with Crippen molar-refractivity contribution in [1.82, 2.24) is 0 Å².